The number of carbonyl (C=O) groups excluding carboxylic acids is 2. The molecule has 14 heteroatoms. The zero-order valence-electron chi connectivity index (χ0n) is 35.6. The van der Waals surface area contributed by atoms with Gasteiger partial charge in [0.2, 0.25) is 0 Å². The molecule has 0 bridgehead atoms. The van der Waals surface area contributed by atoms with Gasteiger partial charge in [0.15, 0.2) is 12.6 Å². The lowest BCUT2D eigenvalue weighted by Gasteiger charge is -2.50. The Morgan fingerprint density at radius 3 is 1.98 bits per heavy atom. The van der Waals surface area contributed by atoms with Crippen molar-refractivity contribution in [3.63, 3.8) is 0 Å². The van der Waals surface area contributed by atoms with Crippen molar-refractivity contribution < 1.29 is 62.8 Å². The van der Waals surface area contributed by atoms with Gasteiger partial charge in [-0.2, -0.15) is 0 Å². The van der Waals surface area contributed by atoms with E-state index in [-0.39, 0.29) is 37.2 Å². The van der Waals surface area contributed by atoms with E-state index >= 15 is 0 Å². The molecule has 18 atom stereocenters. The maximum absolute atomic E-state index is 14.3. The number of esters is 1. The minimum atomic E-state index is -1.95. The fraction of sp³-hybridized carbons (Fsp3) is 0.950. The molecule has 54 heavy (non-hydrogen) atoms. The molecule has 0 aromatic carbocycles. The number of aliphatic hydroxyl groups excluding tert-OH is 2. The number of rotatable bonds is 10. The van der Waals surface area contributed by atoms with Crippen LogP contribution in [-0.4, -0.2) is 151 Å². The third-order valence-corrected chi connectivity index (χ3v) is 12.6. The Morgan fingerprint density at radius 2 is 1.44 bits per heavy atom. The highest BCUT2D eigenvalue weighted by Crippen LogP contribution is 2.42. The van der Waals surface area contributed by atoms with Gasteiger partial charge in [-0.1, -0.05) is 27.7 Å². The predicted molar refractivity (Wildman–Crippen MR) is 200 cm³/mol. The Kier molecular flexibility index (Phi) is 16.5. The Bertz CT molecular complexity index is 1220. The van der Waals surface area contributed by atoms with Gasteiger partial charge in [-0.3, -0.25) is 9.59 Å². The summed E-state index contributed by atoms with van der Waals surface area (Å²) in [6, 6.07) is -0.0425. The largest absolute Gasteiger partial charge is 0.459 e. The number of aliphatic hydroxyl groups is 3. The highest BCUT2D eigenvalue weighted by atomic mass is 16.7. The van der Waals surface area contributed by atoms with Crippen LogP contribution in [0.3, 0.4) is 0 Å². The summed E-state index contributed by atoms with van der Waals surface area (Å²) in [4.78, 5) is 30.5. The first-order chi connectivity index (χ1) is 25.0. The summed E-state index contributed by atoms with van der Waals surface area (Å²) < 4.78 is 51.1. The van der Waals surface area contributed by atoms with Crippen LogP contribution < -0.4 is 0 Å². The molecule has 0 amide bonds. The van der Waals surface area contributed by atoms with Crippen LogP contribution in [0.1, 0.15) is 102 Å². The molecule has 0 aromatic rings. The van der Waals surface area contributed by atoms with Crippen molar-refractivity contribution in [2.75, 3.05) is 34.9 Å². The molecule has 0 spiro atoms. The Labute approximate surface area is 323 Å². The SMILES string of the molecule is CCO[C@H]1[C@H](O[C@@H]2[C@@H](C)[C@H](O[C@@H]3C[C@@](C)(OC)[C@@H](O)[C@H](C)O3)[C@@H](C)C(=O)O[C@H](CC)[C@@](C)(O)[C@H](O)[C@@H](C)C(=O)[C@H](C)C[C@]2(C)OC)O[C@H](C)C[C@@H]1N(C)C. The lowest BCUT2D eigenvalue weighted by molar-refractivity contribution is -0.322. The molecule has 3 heterocycles. The van der Waals surface area contributed by atoms with Gasteiger partial charge in [0.25, 0.3) is 0 Å². The average molecular weight is 776 g/mol. The molecular weight excluding hydrogens is 702 g/mol. The molecule has 3 aliphatic heterocycles. The minimum Gasteiger partial charge on any atom is -0.459 e. The molecule has 0 radical (unpaired) electrons. The highest BCUT2D eigenvalue weighted by molar-refractivity contribution is 5.83. The molecule has 0 aromatic heterocycles. The molecule has 0 aliphatic carbocycles. The first kappa shape index (κ1) is 47.1. The summed E-state index contributed by atoms with van der Waals surface area (Å²) in [6.45, 7) is 19.8. The van der Waals surface area contributed by atoms with E-state index in [2.05, 4.69) is 4.90 Å². The number of likely N-dealkylation sites (N-methyl/N-ethyl adjacent to an activating group) is 1. The molecular formula is C40H73NO13. The summed E-state index contributed by atoms with van der Waals surface area (Å²) >= 11 is 0. The lowest BCUT2D eigenvalue weighted by atomic mass is 9.74. The number of methoxy groups -OCH3 is 2. The van der Waals surface area contributed by atoms with Gasteiger partial charge in [-0.25, -0.2) is 0 Å². The van der Waals surface area contributed by atoms with Crippen molar-refractivity contribution in [2.24, 2.45) is 23.7 Å². The number of nitrogens with zero attached hydrogens (tertiary/aromatic N) is 1. The second-order valence-corrected chi connectivity index (χ2v) is 17.1. The topological polar surface area (TPSA) is 172 Å². The van der Waals surface area contributed by atoms with Gasteiger partial charge in [-0.05, 0) is 81.8 Å². The zero-order chi connectivity index (χ0) is 41.1. The van der Waals surface area contributed by atoms with E-state index in [1.807, 2.05) is 41.8 Å². The van der Waals surface area contributed by atoms with Crippen LogP contribution >= 0.6 is 0 Å². The maximum atomic E-state index is 14.3. The third-order valence-electron chi connectivity index (χ3n) is 12.6. The zero-order valence-corrected chi connectivity index (χ0v) is 35.6. The first-order valence-corrected chi connectivity index (χ1v) is 19.9. The van der Waals surface area contributed by atoms with Crippen LogP contribution in [0, 0.1) is 23.7 Å². The second-order valence-electron chi connectivity index (χ2n) is 17.1. The molecule has 0 unspecified atom stereocenters. The van der Waals surface area contributed by atoms with Crippen molar-refractivity contribution in [1.82, 2.24) is 4.90 Å². The van der Waals surface area contributed by atoms with E-state index in [1.165, 1.54) is 14.0 Å². The van der Waals surface area contributed by atoms with Crippen molar-refractivity contribution in [2.45, 2.75) is 186 Å². The number of ketones is 1. The Morgan fingerprint density at radius 1 is 0.833 bits per heavy atom. The molecule has 0 saturated carbocycles. The normalized spacial score (nSPS) is 47.6. The summed E-state index contributed by atoms with van der Waals surface area (Å²) in [6.07, 6.45) is -7.41. The standard InChI is InChI=1S/C40H73NO13/c1-16-28-40(11,46)33(43)23(5)30(42)21(3)19-39(10,48-15)35(54-37-32(49-17-2)27(41(12)13)18-22(4)50-37)24(6)31(25(7)36(45)52-28)53-29-20-38(9,47-14)34(44)26(8)51-29/h21-29,31-35,37,43-44,46H,16-20H2,1-15H3/t21-,22-,23+,24+,25-,26+,27+,28-,29-,31+,32-,33-,34+,35-,37+,38-,39+,40-/m1/s1. The molecule has 316 valence electrons. The number of Topliss-reactive ketones (excluding diaryl/α,β-unsaturated/α-hetero) is 1. The predicted octanol–water partition coefficient (Wildman–Crippen LogP) is 3.48. The molecule has 14 nitrogen and oxygen atoms in total. The van der Waals surface area contributed by atoms with Crippen molar-refractivity contribution >= 4 is 11.8 Å². The summed E-state index contributed by atoms with van der Waals surface area (Å²) in [7, 11) is 7.06. The smallest absolute Gasteiger partial charge is 0.311 e. The van der Waals surface area contributed by atoms with E-state index in [0.717, 1.165) is 0 Å². The van der Waals surface area contributed by atoms with Crippen molar-refractivity contribution in [3.05, 3.63) is 0 Å². The van der Waals surface area contributed by atoms with Gasteiger partial charge in [0.05, 0.1) is 47.6 Å². The average Bonchev–Trinajstić information content (AvgIpc) is 3.12. The Hall–Kier alpha value is -1.30. The van der Waals surface area contributed by atoms with Gasteiger partial charge in [0, 0.05) is 51.0 Å². The van der Waals surface area contributed by atoms with Crippen LogP contribution in [0.25, 0.3) is 0 Å². The van der Waals surface area contributed by atoms with Crippen LogP contribution in [0.5, 0.6) is 0 Å². The molecule has 3 fully saturated rings. The van der Waals surface area contributed by atoms with E-state index in [4.69, 9.17) is 37.9 Å². The molecule has 3 rings (SSSR count). The fourth-order valence-corrected chi connectivity index (χ4v) is 8.94. The van der Waals surface area contributed by atoms with Gasteiger partial charge in [0.1, 0.15) is 29.7 Å². The van der Waals surface area contributed by atoms with Crippen molar-refractivity contribution in [1.29, 1.82) is 0 Å². The monoisotopic (exact) mass is 776 g/mol. The fourth-order valence-electron chi connectivity index (χ4n) is 8.94. The third kappa shape index (κ3) is 10.0. The number of hydrogen-bond donors (Lipinski definition) is 3. The van der Waals surface area contributed by atoms with E-state index in [1.54, 1.807) is 48.7 Å². The lowest BCUT2D eigenvalue weighted by Crippen LogP contribution is -2.61. The van der Waals surface area contributed by atoms with Gasteiger partial charge >= 0.3 is 5.97 Å². The maximum Gasteiger partial charge on any atom is 0.311 e. The van der Waals surface area contributed by atoms with Crippen LogP contribution in [0.2, 0.25) is 0 Å². The summed E-state index contributed by atoms with van der Waals surface area (Å²) in [5, 5.41) is 34.2. The molecule has 3 aliphatic rings. The second kappa shape index (κ2) is 19.0. The van der Waals surface area contributed by atoms with Crippen LogP contribution in [-0.2, 0) is 47.5 Å². The summed E-state index contributed by atoms with van der Waals surface area (Å²) in [5.74, 6) is -4.27. The van der Waals surface area contributed by atoms with E-state index in [0.29, 0.717) is 13.0 Å². The molecule has 3 saturated heterocycles. The van der Waals surface area contributed by atoms with Crippen LogP contribution in [0.15, 0.2) is 0 Å². The van der Waals surface area contributed by atoms with Crippen LogP contribution in [0.4, 0.5) is 0 Å². The van der Waals surface area contributed by atoms with Gasteiger partial charge < -0.3 is 58.1 Å². The number of ether oxygens (including phenoxy) is 8. The first-order valence-electron chi connectivity index (χ1n) is 19.9. The van der Waals surface area contributed by atoms with Crippen molar-refractivity contribution in [3.8, 4) is 0 Å². The highest BCUT2D eigenvalue weighted by Gasteiger charge is 2.54. The number of carbonyl (C=O) groups is 2. The van der Waals surface area contributed by atoms with E-state index < -0.39 is 102 Å². The van der Waals surface area contributed by atoms with E-state index in [9.17, 15) is 24.9 Å². The minimum absolute atomic E-state index is 0.0425. The summed E-state index contributed by atoms with van der Waals surface area (Å²) in [5.41, 5.74) is -4.17. The number of hydrogen-bond acceptors (Lipinski definition) is 14. The van der Waals surface area contributed by atoms with Gasteiger partial charge in [-0.15, -0.1) is 0 Å². The number of cyclic esters (lactones) is 1. The Balaban J connectivity index is 2.25. The quantitative estimate of drug-likeness (QED) is 0.276. The molecule has 3 N–H and O–H groups in total.